The fourth-order valence-electron chi connectivity index (χ4n) is 4.71. The van der Waals surface area contributed by atoms with Gasteiger partial charge < -0.3 is 19.6 Å². The third-order valence-electron chi connectivity index (χ3n) is 6.91. The van der Waals surface area contributed by atoms with E-state index in [1.54, 1.807) is 35.2 Å². The summed E-state index contributed by atoms with van der Waals surface area (Å²) in [4.78, 5) is 40.0. The minimum Gasteiger partial charge on any atom is -0.483 e. The number of carbonyl (C=O) groups excluding carboxylic acids is 2. The van der Waals surface area contributed by atoms with Gasteiger partial charge in [-0.15, -0.1) is 0 Å². The van der Waals surface area contributed by atoms with Gasteiger partial charge in [0.15, 0.2) is 0 Å². The van der Waals surface area contributed by atoms with Gasteiger partial charge >= 0.3 is 0 Å². The van der Waals surface area contributed by atoms with Gasteiger partial charge in [-0.2, -0.15) is 4.72 Å². The Kier molecular flexibility index (Phi) is 11.7. The van der Waals surface area contributed by atoms with Crippen molar-refractivity contribution in [2.24, 2.45) is 5.92 Å². The standard InChI is InChI=1S/C26H35ClN4O5S.CH2O2/c1-19(2)25(32)31(10-9-29-13-15-36-16-14-29)12-11-30-8-7-24(26(30)33)28-37(34,35)23-6-4-20-17-22(27)5-3-21(20)18-23;2-1-3/h3-6,17-19,24,28H,7-16H2,1-2H3;1H,(H,2,3)/t24-;/m0./s1. The van der Waals surface area contributed by atoms with Crippen LogP contribution in [0.15, 0.2) is 41.3 Å². The molecule has 2 heterocycles. The molecule has 4 rings (SSSR count). The number of sulfonamides is 1. The van der Waals surface area contributed by atoms with Crippen LogP contribution in [0.5, 0.6) is 0 Å². The molecule has 2 aromatic carbocycles. The van der Waals surface area contributed by atoms with Crippen molar-refractivity contribution in [1.29, 1.82) is 0 Å². The summed E-state index contributed by atoms with van der Waals surface area (Å²) in [5.41, 5.74) is 0. The number of nitrogens with one attached hydrogen (secondary N) is 1. The number of rotatable bonds is 10. The molecule has 13 heteroatoms. The van der Waals surface area contributed by atoms with Gasteiger partial charge in [0.2, 0.25) is 21.8 Å². The highest BCUT2D eigenvalue weighted by Gasteiger charge is 2.35. The SMILES string of the molecule is CC(C)C(=O)N(CCN1CCOCC1)CCN1CC[C@H](NS(=O)(=O)c2ccc3cc(Cl)ccc3c2)C1=O.O=CO. The van der Waals surface area contributed by atoms with Gasteiger partial charge in [-0.1, -0.05) is 37.6 Å². The lowest BCUT2D eigenvalue weighted by molar-refractivity contribution is -0.136. The van der Waals surface area contributed by atoms with Crippen molar-refractivity contribution in [2.75, 3.05) is 59.0 Å². The predicted octanol–water partition coefficient (Wildman–Crippen LogP) is 1.89. The van der Waals surface area contributed by atoms with E-state index in [-0.39, 0.29) is 29.1 Å². The van der Waals surface area contributed by atoms with E-state index in [1.165, 1.54) is 6.07 Å². The highest BCUT2D eigenvalue weighted by Crippen LogP contribution is 2.23. The summed E-state index contributed by atoms with van der Waals surface area (Å²) in [6.45, 7) is 9.16. The lowest BCUT2D eigenvalue weighted by Gasteiger charge is -2.31. The zero-order valence-electron chi connectivity index (χ0n) is 22.8. The predicted molar refractivity (Wildman–Crippen MR) is 152 cm³/mol. The first-order valence-electron chi connectivity index (χ1n) is 13.2. The first-order chi connectivity index (χ1) is 19.1. The second kappa shape index (κ2) is 14.7. The molecule has 0 radical (unpaired) electrons. The molecule has 2 aliphatic heterocycles. The Bertz CT molecular complexity index is 1280. The first-order valence-corrected chi connectivity index (χ1v) is 15.1. The molecule has 0 unspecified atom stereocenters. The number of likely N-dealkylation sites (tertiary alicyclic amines) is 1. The second-order valence-corrected chi connectivity index (χ2v) is 12.1. The Morgan fingerprint density at radius 1 is 1.12 bits per heavy atom. The summed E-state index contributed by atoms with van der Waals surface area (Å²) in [5.74, 6) is -0.354. The minimum absolute atomic E-state index is 0.0507. The number of carboxylic acid groups (broad SMARTS) is 1. The number of nitrogens with zero attached hydrogens (tertiary/aromatic N) is 3. The molecule has 0 bridgehead atoms. The van der Waals surface area contributed by atoms with Crippen LogP contribution in [0.4, 0.5) is 0 Å². The van der Waals surface area contributed by atoms with E-state index in [1.807, 2.05) is 18.7 Å². The zero-order valence-corrected chi connectivity index (χ0v) is 24.4. The lowest BCUT2D eigenvalue weighted by atomic mass is 10.1. The van der Waals surface area contributed by atoms with E-state index in [0.29, 0.717) is 50.8 Å². The summed E-state index contributed by atoms with van der Waals surface area (Å²) < 4.78 is 34.1. The summed E-state index contributed by atoms with van der Waals surface area (Å²) in [7, 11) is -3.89. The number of carbonyl (C=O) groups is 3. The number of hydrogen-bond donors (Lipinski definition) is 2. The largest absolute Gasteiger partial charge is 0.483 e. The average molecular weight is 597 g/mol. The Morgan fingerprint density at radius 3 is 2.42 bits per heavy atom. The lowest BCUT2D eigenvalue weighted by Crippen LogP contribution is -2.47. The minimum atomic E-state index is -3.89. The molecule has 2 N–H and O–H groups in total. The zero-order chi connectivity index (χ0) is 29.3. The summed E-state index contributed by atoms with van der Waals surface area (Å²) in [6.07, 6.45) is 0.382. The number of benzene rings is 2. The van der Waals surface area contributed by atoms with E-state index in [2.05, 4.69) is 9.62 Å². The molecule has 0 saturated carbocycles. The van der Waals surface area contributed by atoms with Crippen molar-refractivity contribution in [3.05, 3.63) is 41.4 Å². The van der Waals surface area contributed by atoms with E-state index < -0.39 is 16.1 Å². The number of halogens is 1. The van der Waals surface area contributed by atoms with Crippen LogP contribution in [0.2, 0.25) is 5.02 Å². The van der Waals surface area contributed by atoms with Gasteiger partial charge in [-0.3, -0.25) is 19.3 Å². The first kappa shape index (κ1) is 31.8. The van der Waals surface area contributed by atoms with E-state index >= 15 is 0 Å². The van der Waals surface area contributed by atoms with Crippen molar-refractivity contribution >= 4 is 50.7 Å². The van der Waals surface area contributed by atoms with Gasteiger partial charge in [0, 0.05) is 56.8 Å². The highest BCUT2D eigenvalue weighted by molar-refractivity contribution is 7.89. The normalized spacial score (nSPS) is 18.1. The van der Waals surface area contributed by atoms with Crippen LogP contribution in [0.25, 0.3) is 10.8 Å². The molecular formula is C27H37ClN4O7S. The highest BCUT2D eigenvalue weighted by atomic mass is 35.5. The molecule has 2 aromatic rings. The van der Waals surface area contributed by atoms with Crippen molar-refractivity contribution in [1.82, 2.24) is 19.4 Å². The molecule has 2 fully saturated rings. The Hall–Kier alpha value is -2.77. The summed E-state index contributed by atoms with van der Waals surface area (Å²) >= 11 is 6.02. The molecule has 11 nitrogen and oxygen atoms in total. The van der Waals surface area contributed by atoms with Gasteiger partial charge in [-0.05, 0) is 41.5 Å². The molecule has 0 aliphatic carbocycles. The number of fused-ring (bicyclic) bond motifs is 1. The van der Waals surface area contributed by atoms with Crippen molar-refractivity contribution in [3.63, 3.8) is 0 Å². The maximum absolute atomic E-state index is 13.0. The fraction of sp³-hybridized carbons (Fsp3) is 0.519. The molecule has 0 spiro atoms. The molecule has 2 aliphatic rings. The van der Waals surface area contributed by atoms with Crippen molar-refractivity contribution in [3.8, 4) is 0 Å². The quantitative estimate of drug-likeness (QED) is 0.397. The number of hydrogen-bond acceptors (Lipinski definition) is 7. The van der Waals surface area contributed by atoms with Crippen LogP contribution >= 0.6 is 11.6 Å². The number of amides is 2. The third kappa shape index (κ3) is 8.61. The average Bonchev–Trinajstić information content (AvgIpc) is 3.27. The van der Waals surface area contributed by atoms with Crippen LogP contribution in [0.3, 0.4) is 0 Å². The maximum Gasteiger partial charge on any atom is 0.290 e. The maximum atomic E-state index is 13.0. The Balaban J connectivity index is 0.00000141. The monoisotopic (exact) mass is 596 g/mol. The number of morpholine rings is 1. The van der Waals surface area contributed by atoms with Crippen molar-refractivity contribution < 1.29 is 32.6 Å². The van der Waals surface area contributed by atoms with Gasteiger partial charge in [0.05, 0.1) is 18.1 Å². The molecule has 2 amide bonds. The molecule has 220 valence electrons. The van der Waals surface area contributed by atoms with Gasteiger partial charge in [-0.25, -0.2) is 8.42 Å². The topological polar surface area (TPSA) is 137 Å². The van der Waals surface area contributed by atoms with Crippen LogP contribution in [0.1, 0.15) is 20.3 Å². The van der Waals surface area contributed by atoms with Gasteiger partial charge in [0.25, 0.3) is 6.47 Å². The smallest absolute Gasteiger partial charge is 0.290 e. The van der Waals surface area contributed by atoms with Gasteiger partial charge in [0.1, 0.15) is 6.04 Å². The van der Waals surface area contributed by atoms with E-state index in [0.717, 1.165) is 30.4 Å². The molecule has 2 saturated heterocycles. The van der Waals surface area contributed by atoms with Crippen LogP contribution in [0, 0.1) is 5.92 Å². The number of ether oxygens (including phenoxy) is 1. The van der Waals surface area contributed by atoms with Crippen LogP contribution in [-0.2, 0) is 29.1 Å². The third-order valence-corrected chi connectivity index (χ3v) is 8.62. The molecule has 40 heavy (non-hydrogen) atoms. The Morgan fingerprint density at radius 2 is 1.75 bits per heavy atom. The molecule has 0 aromatic heterocycles. The van der Waals surface area contributed by atoms with Crippen molar-refractivity contribution in [2.45, 2.75) is 31.2 Å². The van der Waals surface area contributed by atoms with Crippen LogP contribution < -0.4 is 4.72 Å². The van der Waals surface area contributed by atoms with Crippen LogP contribution in [-0.4, -0.2) is 112 Å². The molecular weight excluding hydrogens is 560 g/mol. The van der Waals surface area contributed by atoms with E-state index in [4.69, 9.17) is 26.2 Å². The Labute approximate surface area is 240 Å². The second-order valence-electron chi connectivity index (χ2n) is 9.98. The molecule has 1 atom stereocenters. The van der Waals surface area contributed by atoms with E-state index in [9.17, 15) is 18.0 Å². The fourth-order valence-corrected chi connectivity index (χ4v) is 6.15. The summed E-state index contributed by atoms with van der Waals surface area (Å²) in [6, 6.07) is 9.22. The summed E-state index contributed by atoms with van der Waals surface area (Å²) in [5, 5.41) is 9.05.